The van der Waals surface area contributed by atoms with E-state index in [0.717, 1.165) is 77.5 Å². The van der Waals surface area contributed by atoms with E-state index in [4.69, 9.17) is 14.7 Å². The van der Waals surface area contributed by atoms with Gasteiger partial charge in [0.15, 0.2) is 0 Å². The Balaban J connectivity index is 0.00000578. The molecule has 4 heterocycles. The molecule has 1 aliphatic carbocycles. The molecule has 0 amide bonds. The number of ether oxygens (including phenoxy) is 1. The maximum atomic E-state index is 9.96. The second-order valence-corrected chi connectivity index (χ2v) is 23.6. The molecule has 5 nitrogen and oxygen atoms in total. The van der Waals surface area contributed by atoms with Crippen LogP contribution in [-0.2, 0) is 54.0 Å². The Hall–Kier alpha value is -4.99. The van der Waals surface area contributed by atoms with Crippen molar-refractivity contribution in [3.05, 3.63) is 147 Å². The zero-order valence-corrected chi connectivity index (χ0v) is 44.3. The van der Waals surface area contributed by atoms with Gasteiger partial charge in [0.25, 0.3) is 0 Å². The van der Waals surface area contributed by atoms with E-state index in [1.54, 1.807) is 0 Å². The molecule has 66 heavy (non-hydrogen) atoms. The van der Waals surface area contributed by atoms with Crippen LogP contribution in [0, 0.1) is 45.2 Å². The summed E-state index contributed by atoms with van der Waals surface area (Å²) in [5.41, 5.74) is 12.7. The van der Waals surface area contributed by atoms with Crippen molar-refractivity contribution in [2.24, 2.45) is 10.4 Å². The largest absolute Gasteiger partial charge is 2.00 e. The van der Waals surface area contributed by atoms with Crippen LogP contribution in [0.2, 0.25) is 0 Å². The Morgan fingerprint density at radius 1 is 0.636 bits per heavy atom. The van der Waals surface area contributed by atoms with Crippen molar-refractivity contribution in [1.29, 1.82) is 0 Å². The minimum absolute atomic E-state index is 0. The Bertz CT molecular complexity index is 3400. The Morgan fingerprint density at radius 3 is 1.92 bits per heavy atom. The van der Waals surface area contributed by atoms with Crippen LogP contribution in [0.1, 0.15) is 148 Å². The number of fused-ring (bicyclic) bond motifs is 9. The number of aromatic nitrogens is 3. The number of hydrogen-bond acceptors (Lipinski definition) is 3. The van der Waals surface area contributed by atoms with Gasteiger partial charge >= 0.3 is 21.1 Å². The molecule has 5 aromatic carbocycles. The number of benzene rings is 5. The zero-order chi connectivity index (χ0) is 48.5. The Kier molecular flexibility index (Phi) is 9.74. The summed E-state index contributed by atoms with van der Waals surface area (Å²) in [6.45, 7) is 37.1. The summed E-state index contributed by atoms with van der Waals surface area (Å²) in [4.78, 5) is 10.8. The van der Waals surface area contributed by atoms with Crippen LogP contribution in [0.15, 0.2) is 84.0 Å². The molecule has 0 spiro atoms. The molecule has 0 saturated heterocycles. The van der Waals surface area contributed by atoms with Crippen molar-refractivity contribution in [2.45, 2.75) is 151 Å². The molecule has 6 heteroatoms. The second-order valence-electron chi connectivity index (χ2n) is 23.6. The number of rotatable bonds is 3. The molecular formula is C60H66N4OPt. The van der Waals surface area contributed by atoms with E-state index in [1.165, 1.54) is 22.1 Å². The van der Waals surface area contributed by atoms with Gasteiger partial charge in [0.1, 0.15) is 22.7 Å². The minimum Gasteiger partial charge on any atom is -0.510 e. The molecule has 0 fully saturated rings. The Labute approximate surface area is 410 Å². The molecule has 0 bridgehead atoms. The van der Waals surface area contributed by atoms with Crippen LogP contribution in [0.5, 0.6) is 0 Å². The fourth-order valence-electron chi connectivity index (χ4n) is 10.5. The van der Waals surface area contributed by atoms with Crippen molar-refractivity contribution < 1.29 is 28.5 Å². The third-order valence-electron chi connectivity index (χ3n) is 14.7. The van der Waals surface area contributed by atoms with Gasteiger partial charge in [-0.25, -0.2) is 4.98 Å². The number of hydrogen-bond donors (Lipinski definition) is 0. The topological polar surface area (TPSA) is 44.3 Å². The summed E-state index contributed by atoms with van der Waals surface area (Å²) in [5.74, 6) is 0.412. The van der Waals surface area contributed by atoms with Crippen molar-refractivity contribution >= 4 is 49.6 Å². The second kappa shape index (κ2) is 14.8. The van der Waals surface area contributed by atoms with Crippen molar-refractivity contribution in [3.63, 3.8) is 0 Å². The minimum atomic E-state index is -1.85. The molecule has 0 unspecified atom stereocenters. The molecule has 3 aromatic heterocycles. The summed E-state index contributed by atoms with van der Waals surface area (Å²) in [6, 6.07) is 34.7. The molecule has 0 radical (unpaired) electrons. The van der Waals surface area contributed by atoms with Crippen LogP contribution >= 0.6 is 0 Å². The van der Waals surface area contributed by atoms with Crippen LogP contribution in [-0.4, -0.2) is 25.6 Å². The van der Waals surface area contributed by atoms with Gasteiger partial charge in [0.2, 0.25) is 0 Å². The van der Waals surface area contributed by atoms with Gasteiger partial charge in [-0.3, -0.25) is 4.99 Å². The first-order chi connectivity index (χ1) is 31.0. The average molecular weight is 1060 g/mol. The smallest absolute Gasteiger partial charge is 0.510 e. The van der Waals surface area contributed by atoms with Gasteiger partial charge < -0.3 is 13.9 Å². The molecule has 10 rings (SSSR count). The molecule has 8 aromatic rings. The normalized spacial score (nSPS) is 20.0. The van der Waals surface area contributed by atoms with Crippen LogP contribution in [0.3, 0.4) is 0 Å². The van der Waals surface area contributed by atoms with Gasteiger partial charge in [-0.15, -0.1) is 40.8 Å². The van der Waals surface area contributed by atoms with E-state index < -0.39 is 22.9 Å². The quantitative estimate of drug-likeness (QED) is 0.166. The molecule has 1 aliphatic heterocycles. The van der Waals surface area contributed by atoms with Crippen LogP contribution in [0.4, 0.5) is 0 Å². The monoisotopic (exact) mass is 1060 g/mol. The van der Waals surface area contributed by atoms with Gasteiger partial charge in [-0.1, -0.05) is 143 Å². The number of aliphatic imine (C=N–C) groups is 1. The fourth-order valence-corrected chi connectivity index (χ4v) is 10.5. The van der Waals surface area contributed by atoms with E-state index >= 15 is 0 Å². The first-order valence-electron chi connectivity index (χ1n) is 24.4. The fraction of sp³-hybridized carbons (Fsp3) is 0.400. The molecule has 342 valence electrons. The summed E-state index contributed by atoms with van der Waals surface area (Å²) < 4.78 is 31.8. The number of pyridine rings is 1. The summed E-state index contributed by atoms with van der Waals surface area (Å²) >= 11 is 0. The third-order valence-corrected chi connectivity index (χ3v) is 14.7. The Morgan fingerprint density at radius 2 is 1.26 bits per heavy atom. The van der Waals surface area contributed by atoms with Crippen molar-refractivity contribution in [2.75, 3.05) is 0 Å². The molecule has 2 atom stereocenters. The number of aryl methyl sites for hydroxylation is 4. The van der Waals surface area contributed by atoms with Crippen LogP contribution in [0.25, 0.3) is 55.1 Å². The molecular weight excluding hydrogens is 988 g/mol. The molecule has 2 aliphatic rings. The van der Waals surface area contributed by atoms with Crippen LogP contribution < -0.4 is 0 Å². The van der Waals surface area contributed by atoms with E-state index in [2.05, 4.69) is 206 Å². The molecule has 0 saturated carbocycles. The third kappa shape index (κ3) is 6.79. The van der Waals surface area contributed by atoms with Gasteiger partial charge in [0.05, 0.1) is 5.52 Å². The van der Waals surface area contributed by atoms with E-state index in [-0.39, 0.29) is 37.3 Å². The molecule has 0 N–H and O–H groups in total. The summed E-state index contributed by atoms with van der Waals surface area (Å²) in [7, 11) is 0. The van der Waals surface area contributed by atoms with Gasteiger partial charge in [-0.2, -0.15) is 6.07 Å². The van der Waals surface area contributed by atoms with Crippen molar-refractivity contribution in [1.82, 2.24) is 14.1 Å². The SMILES string of the molecule is [2H]C1([2H])c2cc(C)c(C)cc2[C@@]2(C)N=C(c3[c-]c(-n4c5[c-]c(-n6c7ccc(C(C)(C)C)cc7c7cc(C(C)(C)C)cnc76)c(C)cc5c5cc(C)ccc54)cc(C(C)(C)C)c3)O[C@@]12C(C)(C)C.[Pt+2]. The van der Waals surface area contributed by atoms with Crippen molar-refractivity contribution in [3.8, 4) is 11.4 Å². The van der Waals surface area contributed by atoms with E-state index in [9.17, 15) is 2.74 Å². The van der Waals surface area contributed by atoms with E-state index in [0.29, 0.717) is 17.0 Å². The first kappa shape index (κ1) is 43.6. The maximum Gasteiger partial charge on any atom is 2.00 e. The average Bonchev–Trinajstić information content (AvgIpc) is 3.88. The van der Waals surface area contributed by atoms with Gasteiger partial charge in [0, 0.05) is 37.0 Å². The maximum absolute atomic E-state index is 9.96. The zero-order valence-electron chi connectivity index (χ0n) is 44.0. The predicted molar refractivity (Wildman–Crippen MR) is 273 cm³/mol. The van der Waals surface area contributed by atoms with Gasteiger partial charge in [-0.05, 0) is 113 Å². The summed E-state index contributed by atoms with van der Waals surface area (Å²) in [5, 5.41) is 4.56. The van der Waals surface area contributed by atoms with E-state index in [1.807, 2.05) is 12.3 Å². The summed E-state index contributed by atoms with van der Waals surface area (Å²) in [6.07, 6.45) is 0.199. The first-order valence-corrected chi connectivity index (χ1v) is 23.4. The number of nitrogens with zero attached hydrogens (tertiary/aromatic N) is 4. The predicted octanol–water partition coefficient (Wildman–Crippen LogP) is 15.0. The standard InChI is InChI=1S/C60H66N4O.Pt/c1-34-18-20-49-44(22-34)45-24-37(4)51(64-50-21-19-40(55(5,6)7)29-46(50)47-30-42(57(11,12)13)33-61-53(47)64)31-52(45)63(49)43-27-38(26-41(28-43)56(8,9)10)54-62-59(17)48-25-36(3)35(2)23-39(48)32-60(59,65-54)58(14,15)16;/h18-26,28-30,33H,32H2,1-17H3;/q-2;+2/t59-,60-;/m1./s1/i32D2;.